The van der Waals surface area contributed by atoms with E-state index in [1.807, 2.05) is 6.92 Å². The van der Waals surface area contributed by atoms with E-state index in [9.17, 15) is 4.39 Å². The summed E-state index contributed by atoms with van der Waals surface area (Å²) in [5, 5.41) is 0. The maximum absolute atomic E-state index is 13.3. The lowest BCUT2D eigenvalue weighted by Crippen LogP contribution is -2.18. The van der Waals surface area contributed by atoms with Gasteiger partial charge in [0.25, 0.3) is 0 Å². The molecule has 0 bridgehead atoms. The van der Waals surface area contributed by atoms with Gasteiger partial charge >= 0.3 is 0 Å². The van der Waals surface area contributed by atoms with Crippen LogP contribution in [-0.4, -0.2) is 25.7 Å². The molecule has 0 aliphatic heterocycles. The van der Waals surface area contributed by atoms with Crippen molar-refractivity contribution in [1.82, 2.24) is 0 Å². The largest absolute Gasteiger partial charge is 0.488 e. The summed E-state index contributed by atoms with van der Waals surface area (Å²) in [6.07, 6.45) is -0.143. The van der Waals surface area contributed by atoms with Crippen LogP contribution in [0.5, 0.6) is 5.75 Å². The summed E-state index contributed by atoms with van der Waals surface area (Å²) in [5.74, 6) is 5.68. The first-order valence-corrected chi connectivity index (χ1v) is 5.70. The number of methoxy groups -OCH3 is 1. The van der Waals surface area contributed by atoms with E-state index in [-0.39, 0.29) is 17.8 Å². The Kier molecular flexibility index (Phi) is 5.82. The monoisotopic (exact) mass is 256 g/mol. The van der Waals surface area contributed by atoms with Crippen molar-refractivity contribution in [1.29, 1.82) is 0 Å². The Hall–Kier alpha value is -1.24. The summed E-state index contributed by atoms with van der Waals surface area (Å²) >= 11 is 5.44. The van der Waals surface area contributed by atoms with Gasteiger partial charge in [-0.2, -0.15) is 0 Å². The third-order valence-corrected chi connectivity index (χ3v) is 2.04. The molecule has 92 valence electrons. The van der Waals surface area contributed by atoms with Gasteiger partial charge in [-0.15, -0.1) is 11.6 Å². The predicted octanol–water partition coefficient (Wildman–Crippen LogP) is 2.83. The molecule has 1 rings (SSSR count). The Morgan fingerprint density at radius 2 is 2.18 bits per heavy atom. The van der Waals surface area contributed by atoms with Crippen LogP contribution in [0.1, 0.15) is 12.5 Å². The number of rotatable bonds is 4. The Bertz CT molecular complexity index is 423. The highest BCUT2D eigenvalue weighted by Crippen LogP contribution is 2.17. The Morgan fingerprint density at radius 1 is 1.41 bits per heavy atom. The van der Waals surface area contributed by atoms with Gasteiger partial charge in [-0.05, 0) is 19.1 Å². The number of halogens is 2. The third kappa shape index (κ3) is 5.08. The van der Waals surface area contributed by atoms with Crippen molar-refractivity contribution in [2.24, 2.45) is 0 Å². The normalized spacial score (nSPS) is 11.5. The molecular formula is C13H14ClFO2. The topological polar surface area (TPSA) is 18.5 Å². The van der Waals surface area contributed by atoms with E-state index in [1.54, 1.807) is 13.2 Å². The first-order valence-electron chi connectivity index (χ1n) is 5.16. The summed E-state index contributed by atoms with van der Waals surface area (Å²) in [5.41, 5.74) is 0.547. The maximum atomic E-state index is 13.3. The van der Waals surface area contributed by atoms with Gasteiger partial charge in [-0.3, -0.25) is 0 Å². The third-order valence-electron chi connectivity index (χ3n) is 1.91. The summed E-state index contributed by atoms with van der Waals surface area (Å²) in [6.45, 7) is 2.29. The lowest BCUT2D eigenvalue weighted by atomic mass is 10.2. The molecule has 4 heteroatoms. The van der Waals surface area contributed by atoms with Crippen molar-refractivity contribution in [2.45, 2.75) is 13.0 Å². The standard InChI is InChI=1S/C13H14ClFO2/c1-10(9-16-2)17-13-7-11(4-3-5-14)6-12(15)8-13/h6-8,10H,5,9H2,1-2H3. The van der Waals surface area contributed by atoms with Crippen LogP contribution in [-0.2, 0) is 4.74 Å². The molecule has 2 nitrogen and oxygen atoms in total. The molecule has 1 aromatic carbocycles. The quantitative estimate of drug-likeness (QED) is 0.609. The minimum absolute atomic E-state index is 0.143. The van der Waals surface area contributed by atoms with Crippen LogP contribution in [0.25, 0.3) is 0 Å². The van der Waals surface area contributed by atoms with Gasteiger partial charge in [0.1, 0.15) is 17.7 Å². The van der Waals surface area contributed by atoms with Gasteiger partial charge in [0.15, 0.2) is 0 Å². The fraction of sp³-hybridized carbons (Fsp3) is 0.385. The summed E-state index contributed by atoms with van der Waals surface area (Å²) in [4.78, 5) is 0. The second-order valence-electron chi connectivity index (χ2n) is 3.49. The molecule has 0 heterocycles. The smallest absolute Gasteiger partial charge is 0.128 e. The van der Waals surface area contributed by atoms with Crippen molar-refractivity contribution < 1.29 is 13.9 Å². The highest BCUT2D eigenvalue weighted by molar-refractivity contribution is 6.19. The van der Waals surface area contributed by atoms with E-state index in [2.05, 4.69) is 11.8 Å². The van der Waals surface area contributed by atoms with Crippen LogP contribution in [0, 0.1) is 17.7 Å². The Labute approximate surface area is 106 Å². The molecule has 0 aromatic heterocycles. The molecular weight excluding hydrogens is 243 g/mol. The zero-order valence-electron chi connectivity index (χ0n) is 9.80. The van der Waals surface area contributed by atoms with Gasteiger partial charge in [-0.1, -0.05) is 11.8 Å². The van der Waals surface area contributed by atoms with Crippen LogP contribution < -0.4 is 4.74 Å². The van der Waals surface area contributed by atoms with Crippen LogP contribution in [0.2, 0.25) is 0 Å². The molecule has 17 heavy (non-hydrogen) atoms. The minimum Gasteiger partial charge on any atom is -0.488 e. The molecule has 0 amide bonds. The number of ether oxygens (including phenoxy) is 2. The van der Waals surface area contributed by atoms with E-state index in [1.165, 1.54) is 12.1 Å². The van der Waals surface area contributed by atoms with E-state index < -0.39 is 0 Å². The molecule has 0 saturated heterocycles. The van der Waals surface area contributed by atoms with E-state index >= 15 is 0 Å². The van der Waals surface area contributed by atoms with Crippen molar-refractivity contribution >= 4 is 11.6 Å². The van der Waals surface area contributed by atoms with Crippen LogP contribution in [0.3, 0.4) is 0 Å². The predicted molar refractivity (Wildman–Crippen MR) is 66.0 cm³/mol. The lowest BCUT2D eigenvalue weighted by molar-refractivity contribution is 0.0918. The summed E-state index contributed by atoms with van der Waals surface area (Å²) < 4.78 is 23.7. The molecule has 0 N–H and O–H groups in total. The van der Waals surface area contributed by atoms with Crippen LogP contribution in [0.15, 0.2) is 18.2 Å². The average molecular weight is 257 g/mol. The Balaban J connectivity index is 2.82. The zero-order valence-corrected chi connectivity index (χ0v) is 10.6. The molecule has 1 atom stereocenters. The van der Waals surface area contributed by atoms with Crippen molar-refractivity contribution in [3.05, 3.63) is 29.6 Å². The average Bonchev–Trinajstić information content (AvgIpc) is 2.25. The van der Waals surface area contributed by atoms with Gasteiger partial charge in [0.2, 0.25) is 0 Å². The van der Waals surface area contributed by atoms with Gasteiger partial charge in [-0.25, -0.2) is 4.39 Å². The molecule has 0 radical (unpaired) electrons. The molecule has 0 saturated carbocycles. The molecule has 1 unspecified atom stereocenters. The molecule has 0 aliphatic carbocycles. The molecule has 0 fully saturated rings. The van der Waals surface area contributed by atoms with Crippen LogP contribution >= 0.6 is 11.6 Å². The second kappa shape index (κ2) is 7.16. The number of hydrogen-bond acceptors (Lipinski definition) is 2. The fourth-order valence-electron chi connectivity index (χ4n) is 1.34. The van der Waals surface area contributed by atoms with E-state index in [4.69, 9.17) is 21.1 Å². The van der Waals surface area contributed by atoms with Crippen molar-refractivity contribution in [3.8, 4) is 17.6 Å². The first kappa shape index (κ1) is 13.8. The highest BCUT2D eigenvalue weighted by Gasteiger charge is 2.05. The fourth-order valence-corrected chi connectivity index (χ4v) is 1.41. The van der Waals surface area contributed by atoms with Gasteiger partial charge in [0, 0.05) is 18.7 Å². The number of benzene rings is 1. The zero-order chi connectivity index (χ0) is 12.7. The van der Waals surface area contributed by atoms with Crippen molar-refractivity contribution in [3.63, 3.8) is 0 Å². The van der Waals surface area contributed by atoms with E-state index in [0.717, 1.165) is 0 Å². The number of hydrogen-bond donors (Lipinski definition) is 0. The van der Waals surface area contributed by atoms with Crippen molar-refractivity contribution in [2.75, 3.05) is 19.6 Å². The van der Waals surface area contributed by atoms with Crippen LogP contribution in [0.4, 0.5) is 4.39 Å². The second-order valence-corrected chi connectivity index (χ2v) is 3.76. The summed E-state index contributed by atoms with van der Waals surface area (Å²) in [6, 6.07) is 4.33. The SMILES string of the molecule is COCC(C)Oc1cc(F)cc(C#CCCl)c1. The minimum atomic E-state index is -0.383. The van der Waals surface area contributed by atoms with E-state index in [0.29, 0.717) is 17.9 Å². The lowest BCUT2D eigenvalue weighted by Gasteiger charge is -2.13. The van der Waals surface area contributed by atoms with Gasteiger partial charge in [0.05, 0.1) is 12.5 Å². The Morgan fingerprint density at radius 3 is 2.82 bits per heavy atom. The first-order chi connectivity index (χ1) is 8.15. The van der Waals surface area contributed by atoms with Gasteiger partial charge < -0.3 is 9.47 Å². The maximum Gasteiger partial charge on any atom is 0.128 e. The summed E-state index contributed by atoms with van der Waals surface area (Å²) in [7, 11) is 1.59. The molecule has 0 spiro atoms. The molecule has 0 aliphatic rings. The highest BCUT2D eigenvalue weighted by atomic mass is 35.5. The molecule has 1 aromatic rings. The number of alkyl halides is 1.